The number of aromatic nitrogens is 2. The predicted molar refractivity (Wildman–Crippen MR) is 151 cm³/mol. The van der Waals surface area contributed by atoms with E-state index >= 15 is 0 Å². The molecule has 0 aliphatic rings. The lowest BCUT2D eigenvalue weighted by Gasteiger charge is -2.23. The first-order valence-corrected chi connectivity index (χ1v) is 13.6. The second-order valence-corrected chi connectivity index (χ2v) is 10.3. The number of nitrogens with one attached hydrogen (secondary N) is 2. The number of methoxy groups -OCH3 is 2. The number of para-hydroxylation sites is 2. The Hall–Kier alpha value is -4.58. The van der Waals surface area contributed by atoms with E-state index in [4.69, 9.17) is 15.2 Å². The van der Waals surface area contributed by atoms with Gasteiger partial charge in [-0.05, 0) is 36.8 Å². The van der Waals surface area contributed by atoms with Crippen LogP contribution in [0.3, 0.4) is 0 Å². The molecular formula is C27H30N6O5S. The maximum atomic E-state index is 13.5. The van der Waals surface area contributed by atoms with Crippen molar-refractivity contribution in [2.45, 2.75) is 18.2 Å². The molecule has 39 heavy (non-hydrogen) atoms. The molecule has 0 spiro atoms. The molecule has 4 N–H and O–H groups in total. The normalized spacial score (nSPS) is 11.2. The Morgan fingerprint density at radius 2 is 1.56 bits per heavy atom. The molecule has 4 aromatic rings. The average Bonchev–Trinajstić information content (AvgIpc) is 2.92. The van der Waals surface area contributed by atoms with Crippen LogP contribution in [0.5, 0.6) is 11.5 Å². The summed E-state index contributed by atoms with van der Waals surface area (Å²) < 4.78 is 40.3. The minimum atomic E-state index is -4.11. The van der Waals surface area contributed by atoms with Crippen molar-refractivity contribution in [2.24, 2.45) is 5.73 Å². The summed E-state index contributed by atoms with van der Waals surface area (Å²) >= 11 is 0. The molecule has 0 aliphatic heterocycles. The number of benzene rings is 3. The van der Waals surface area contributed by atoms with Gasteiger partial charge < -0.3 is 25.4 Å². The van der Waals surface area contributed by atoms with E-state index in [-0.39, 0.29) is 23.1 Å². The van der Waals surface area contributed by atoms with Gasteiger partial charge in [0, 0.05) is 36.1 Å². The zero-order valence-electron chi connectivity index (χ0n) is 21.8. The third kappa shape index (κ3) is 6.65. The third-order valence-electron chi connectivity index (χ3n) is 5.75. The van der Waals surface area contributed by atoms with Crippen molar-refractivity contribution < 1.29 is 22.7 Å². The minimum Gasteiger partial charge on any atom is -0.497 e. The van der Waals surface area contributed by atoms with Gasteiger partial charge >= 0.3 is 0 Å². The van der Waals surface area contributed by atoms with E-state index in [2.05, 4.69) is 20.0 Å². The first-order chi connectivity index (χ1) is 18.7. The molecule has 0 unspecified atom stereocenters. The number of nitrogens with two attached hydrogens (primary N) is 1. The van der Waals surface area contributed by atoms with Crippen molar-refractivity contribution in [3.8, 4) is 11.5 Å². The molecule has 11 nitrogen and oxygen atoms in total. The fourth-order valence-corrected chi connectivity index (χ4v) is 5.01. The van der Waals surface area contributed by atoms with E-state index in [0.29, 0.717) is 40.5 Å². The molecule has 0 bridgehead atoms. The van der Waals surface area contributed by atoms with Gasteiger partial charge in [-0.25, -0.2) is 18.4 Å². The first-order valence-electron chi connectivity index (χ1n) is 12.2. The van der Waals surface area contributed by atoms with E-state index in [0.717, 1.165) is 6.42 Å². The topological polar surface area (TPSA) is 149 Å². The average molecular weight is 551 g/mol. The van der Waals surface area contributed by atoms with Crippen molar-refractivity contribution in [2.75, 3.05) is 42.2 Å². The van der Waals surface area contributed by atoms with Crippen molar-refractivity contribution in [3.05, 3.63) is 66.7 Å². The molecule has 4 rings (SSSR count). The summed E-state index contributed by atoms with van der Waals surface area (Å²) in [5.74, 6) is 0.758. The van der Waals surface area contributed by atoms with Crippen LogP contribution in [0.15, 0.2) is 71.6 Å². The Bertz CT molecular complexity index is 1570. The Labute approximate surface area is 227 Å². The van der Waals surface area contributed by atoms with Crippen LogP contribution in [0.25, 0.3) is 11.0 Å². The highest BCUT2D eigenvalue weighted by atomic mass is 32.2. The van der Waals surface area contributed by atoms with Gasteiger partial charge in [0.1, 0.15) is 11.5 Å². The Morgan fingerprint density at radius 1 is 0.923 bits per heavy atom. The van der Waals surface area contributed by atoms with Crippen LogP contribution in [0.4, 0.5) is 23.0 Å². The lowest BCUT2D eigenvalue weighted by molar-refractivity contribution is -0.116. The van der Waals surface area contributed by atoms with Crippen LogP contribution in [0, 0.1) is 0 Å². The summed E-state index contributed by atoms with van der Waals surface area (Å²) in [6, 6.07) is 18.6. The Kier molecular flexibility index (Phi) is 8.35. The highest BCUT2D eigenvalue weighted by molar-refractivity contribution is 7.92. The smallest absolute Gasteiger partial charge is 0.263 e. The fraction of sp³-hybridized carbons (Fsp3) is 0.222. The molecule has 204 valence electrons. The van der Waals surface area contributed by atoms with Crippen molar-refractivity contribution in [1.29, 1.82) is 0 Å². The Morgan fingerprint density at radius 3 is 2.15 bits per heavy atom. The summed E-state index contributed by atoms with van der Waals surface area (Å²) in [7, 11) is -1.04. The lowest BCUT2D eigenvalue weighted by atomic mass is 10.2. The standard InChI is InChI=1S/C27H30N6O5S/c1-4-12-33(17-25(28)34)19-8-7-9-22(15-19)39(35,36)32-27-26(30-23-10-5-6-11-24(23)31-27)29-18-13-20(37-2)16-21(14-18)38-3/h5-11,13-16H,4,12,17H2,1-3H3,(H2,28,34)(H,29,30)(H,31,32). The molecule has 0 aliphatic carbocycles. The van der Waals surface area contributed by atoms with Gasteiger partial charge in [0.05, 0.1) is 36.7 Å². The van der Waals surface area contributed by atoms with E-state index in [1.54, 1.807) is 53.4 Å². The highest BCUT2D eigenvalue weighted by Crippen LogP contribution is 2.32. The van der Waals surface area contributed by atoms with Crippen LogP contribution in [-0.2, 0) is 14.8 Å². The number of ether oxygens (including phenoxy) is 2. The number of hydrogen-bond donors (Lipinski definition) is 3. The summed E-state index contributed by atoms with van der Waals surface area (Å²) in [5, 5.41) is 3.14. The zero-order chi connectivity index (χ0) is 28.0. The van der Waals surface area contributed by atoms with Crippen LogP contribution in [-0.4, -0.2) is 51.6 Å². The molecule has 0 saturated heterocycles. The third-order valence-corrected chi connectivity index (χ3v) is 7.09. The number of carbonyl (C=O) groups is 1. The van der Waals surface area contributed by atoms with Gasteiger partial charge in [0.25, 0.3) is 10.0 Å². The fourth-order valence-electron chi connectivity index (χ4n) is 3.97. The second-order valence-electron chi connectivity index (χ2n) is 8.63. The van der Waals surface area contributed by atoms with E-state index in [1.807, 2.05) is 13.0 Å². The number of carbonyl (C=O) groups excluding carboxylic acids is 1. The molecule has 0 saturated carbocycles. The van der Waals surface area contributed by atoms with E-state index < -0.39 is 15.9 Å². The predicted octanol–water partition coefficient (Wildman–Crippen LogP) is 3.89. The molecule has 0 radical (unpaired) electrons. The number of amides is 1. The monoisotopic (exact) mass is 550 g/mol. The van der Waals surface area contributed by atoms with Gasteiger partial charge in [-0.15, -0.1) is 0 Å². The van der Waals surface area contributed by atoms with E-state index in [9.17, 15) is 13.2 Å². The summed E-state index contributed by atoms with van der Waals surface area (Å²) in [6.07, 6.45) is 0.749. The van der Waals surface area contributed by atoms with Gasteiger partial charge in [-0.1, -0.05) is 25.1 Å². The van der Waals surface area contributed by atoms with Crippen molar-refractivity contribution in [1.82, 2.24) is 9.97 Å². The highest BCUT2D eigenvalue weighted by Gasteiger charge is 2.21. The van der Waals surface area contributed by atoms with Gasteiger partial charge in [0.2, 0.25) is 5.91 Å². The summed E-state index contributed by atoms with van der Waals surface area (Å²) in [6.45, 7) is 2.47. The molecular weight excluding hydrogens is 520 g/mol. The number of hydrogen-bond acceptors (Lipinski definition) is 9. The number of primary amides is 1. The zero-order valence-corrected chi connectivity index (χ0v) is 22.7. The van der Waals surface area contributed by atoms with Crippen LogP contribution >= 0.6 is 0 Å². The SMILES string of the molecule is CCCN(CC(N)=O)c1cccc(S(=O)(=O)Nc2nc3ccccc3nc2Nc2cc(OC)cc(OC)c2)c1. The Balaban J connectivity index is 1.73. The minimum absolute atomic E-state index is 0.00319. The molecule has 1 heterocycles. The molecule has 0 fully saturated rings. The van der Waals surface area contributed by atoms with Crippen LogP contribution in [0.1, 0.15) is 13.3 Å². The molecule has 1 amide bonds. The molecule has 3 aromatic carbocycles. The van der Waals surface area contributed by atoms with Crippen LogP contribution < -0.4 is 30.1 Å². The lowest BCUT2D eigenvalue weighted by Crippen LogP contribution is -2.34. The number of anilines is 4. The van der Waals surface area contributed by atoms with Gasteiger partial charge in [-0.2, -0.15) is 0 Å². The quantitative estimate of drug-likeness (QED) is 0.239. The van der Waals surface area contributed by atoms with E-state index in [1.165, 1.54) is 26.4 Å². The largest absolute Gasteiger partial charge is 0.497 e. The maximum absolute atomic E-state index is 13.5. The van der Waals surface area contributed by atoms with Crippen molar-refractivity contribution >= 4 is 50.0 Å². The summed E-state index contributed by atoms with van der Waals surface area (Å²) in [4.78, 5) is 22.5. The number of rotatable bonds is 12. The second kappa shape index (κ2) is 11.9. The molecule has 1 aromatic heterocycles. The molecule has 0 atom stereocenters. The van der Waals surface area contributed by atoms with Gasteiger partial charge in [0.15, 0.2) is 11.6 Å². The first kappa shape index (κ1) is 27.5. The number of nitrogens with zero attached hydrogens (tertiary/aromatic N) is 3. The summed E-state index contributed by atoms with van der Waals surface area (Å²) in [5.41, 5.74) is 7.59. The number of fused-ring (bicyclic) bond motifs is 1. The molecule has 12 heteroatoms. The number of sulfonamides is 1. The van der Waals surface area contributed by atoms with Crippen LogP contribution in [0.2, 0.25) is 0 Å². The van der Waals surface area contributed by atoms with Crippen molar-refractivity contribution in [3.63, 3.8) is 0 Å². The van der Waals surface area contributed by atoms with Gasteiger partial charge in [-0.3, -0.25) is 9.52 Å². The maximum Gasteiger partial charge on any atom is 0.263 e.